The molecule has 0 saturated carbocycles. The predicted molar refractivity (Wildman–Crippen MR) is 69.3 cm³/mol. The van der Waals surface area contributed by atoms with E-state index >= 15 is 0 Å². The van der Waals surface area contributed by atoms with Crippen molar-refractivity contribution in [2.24, 2.45) is 0 Å². The summed E-state index contributed by atoms with van der Waals surface area (Å²) in [5.41, 5.74) is 2.56. The number of aromatic nitrogens is 3. The number of nitrogens with zero attached hydrogens (tertiary/aromatic N) is 2. The first-order valence-electron chi connectivity index (χ1n) is 5.47. The van der Waals surface area contributed by atoms with Gasteiger partial charge in [-0.15, -0.1) is 0 Å². The number of benzene rings is 1. The van der Waals surface area contributed by atoms with Gasteiger partial charge in [0.1, 0.15) is 17.2 Å². The molecule has 1 aromatic carbocycles. The molecule has 90 valence electrons. The summed E-state index contributed by atoms with van der Waals surface area (Å²) >= 11 is 5.85. The molecule has 4 nitrogen and oxygen atoms in total. The topological polar surface area (TPSA) is 54.7 Å². The molecular weight excluding hydrogens is 250 g/mol. The van der Waals surface area contributed by atoms with Crippen molar-refractivity contribution in [1.29, 1.82) is 0 Å². The smallest absolute Gasteiger partial charge is 0.185 e. The minimum absolute atomic E-state index is 0.667. The maximum absolute atomic E-state index is 5.85. The molecule has 1 N–H and O–H groups in total. The summed E-state index contributed by atoms with van der Waals surface area (Å²) in [6, 6.07) is 9.33. The van der Waals surface area contributed by atoms with Crippen LogP contribution in [0.25, 0.3) is 22.7 Å². The van der Waals surface area contributed by atoms with Crippen molar-refractivity contribution in [1.82, 2.24) is 15.1 Å². The average Bonchev–Trinajstić information content (AvgIpc) is 2.98. The van der Waals surface area contributed by atoms with E-state index in [2.05, 4.69) is 15.1 Å². The van der Waals surface area contributed by atoms with Crippen LogP contribution in [-0.2, 0) is 0 Å². The molecule has 0 unspecified atom stereocenters. The number of H-pyrrole nitrogens is 1. The lowest BCUT2D eigenvalue weighted by atomic mass is 10.1. The van der Waals surface area contributed by atoms with Crippen molar-refractivity contribution in [2.75, 3.05) is 0 Å². The Bertz CT molecular complexity index is 670. The van der Waals surface area contributed by atoms with Crippen molar-refractivity contribution < 1.29 is 4.52 Å². The van der Waals surface area contributed by atoms with Crippen LogP contribution in [0, 0.1) is 6.92 Å². The van der Waals surface area contributed by atoms with E-state index in [-0.39, 0.29) is 0 Å². The largest absolute Gasteiger partial charge is 0.354 e. The van der Waals surface area contributed by atoms with E-state index in [0.717, 1.165) is 22.8 Å². The fraction of sp³-hybridized carbons (Fsp3) is 0.0769. The fourth-order valence-corrected chi connectivity index (χ4v) is 1.83. The van der Waals surface area contributed by atoms with Gasteiger partial charge in [0.25, 0.3) is 0 Å². The second-order valence-corrected chi connectivity index (χ2v) is 4.40. The lowest BCUT2D eigenvalue weighted by Gasteiger charge is -1.93. The van der Waals surface area contributed by atoms with Crippen molar-refractivity contribution in [2.45, 2.75) is 6.92 Å². The molecular formula is C13H10ClN3O. The summed E-state index contributed by atoms with van der Waals surface area (Å²) in [5.74, 6) is 1.51. The third kappa shape index (κ3) is 2.02. The Balaban J connectivity index is 1.96. The number of aromatic amines is 1. The van der Waals surface area contributed by atoms with Gasteiger partial charge in [-0.3, -0.25) is 0 Å². The Labute approximate surface area is 109 Å². The normalized spacial score (nSPS) is 10.8. The van der Waals surface area contributed by atoms with Crippen LogP contribution in [0.3, 0.4) is 0 Å². The van der Waals surface area contributed by atoms with E-state index in [0.29, 0.717) is 10.8 Å². The molecule has 0 amide bonds. The van der Waals surface area contributed by atoms with E-state index in [1.165, 1.54) is 0 Å². The second-order valence-electron chi connectivity index (χ2n) is 3.97. The minimum atomic E-state index is 0.667. The third-order valence-electron chi connectivity index (χ3n) is 2.62. The third-order valence-corrected chi connectivity index (χ3v) is 2.87. The first-order valence-corrected chi connectivity index (χ1v) is 5.85. The van der Waals surface area contributed by atoms with Crippen LogP contribution in [-0.4, -0.2) is 15.1 Å². The van der Waals surface area contributed by atoms with Gasteiger partial charge in [-0.2, -0.15) is 0 Å². The molecule has 0 aliphatic rings. The number of nitrogens with one attached hydrogen (secondary N) is 1. The Kier molecular flexibility index (Phi) is 2.64. The van der Waals surface area contributed by atoms with Crippen LogP contribution in [0.5, 0.6) is 0 Å². The quantitative estimate of drug-likeness (QED) is 0.764. The van der Waals surface area contributed by atoms with Crippen LogP contribution in [0.4, 0.5) is 0 Å². The highest BCUT2D eigenvalue weighted by molar-refractivity contribution is 6.30. The van der Waals surface area contributed by atoms with Gasteiger partial charge < -0.3 is 9.51 Å². The van der Waals surface area contributed by atoms with Crippen molar-refractivity contribution >= 4 is 11.6 Å². The SMILES string of the molecule is Cc1ncc(-c2cc(-c3ccc(Cl)cc3)no2)[nH]1. The van der Waals surface area contributed by atoms with E-state index in [4.69, 9.17) is 16.1 Å². The van der Waals surface area contributed by atoms with Crippen LogP contribution < -0.4 is 0 Å². The monoisotopic (exact) mass is 259 g/mol. The highest BCUT2D eigenvalue weighted by Crippen LogP contribution is 2.25. The summed E-state index contributed by atoms with van der Waals surface area (Å²) in [6.07, 6.45) is 1.72. The van der Waals surface area contributed by atoms with E-state index in [1.54, 1.807) is 6.20 Å². The first-order chi connectivity index (χ1) is 8.72. The van der Waals surface area contributed by atoms with Crippen molar-refractivity contribution in [3.8, 4) is 22.7 Å². The van der Waals surface area contributed by atoms with Gasteiger partial charge in [0.05, 0.1) is 6.20 Å². The van der Waals surface area contributed by atoms with E-state index in [9.17, 15) is 0 Å². The molecule has 2 aromatic heterocycles. The molecule has 0 radical (unpaired) electrons. The summed E-state index contributed by atoms with van der Waals surface area (Å²) in [6.45, 7) is 1.89. The molecule has 5 heteroatoms. The highest BCUT2D eigenvalue weighted by atomic mass is 35.5. The summed E-state index contributed by atoms with van der Waals surface area (Å²) < 4.78 is 5.29. The zero-order valence-corrected chi connectivity index (χ0v) is 10.4. The number of aryl methyl sites for hydroxylation is 1. The van der Waals surface area contributed by atoms with Crippen molar-refractivity contribution in [3.05, 3.63) is 47.4 Å². The lowest BCUT2D eigenvalue weighted by molar-refractivity contribution is 0.434. The number of hydrogen-bond donors (Lipinski definition) is 1. The zero-order valence-electron chi connectivity index (χ0n) is 9.64. The van der Waals surface area contributed by atoms with E-state index in [1.807, 2.05) is 37.3 Å². The molecule has 18 heavy (non-hydrogen) atoms. The number of rotatable bonds is 2. The molecule has 0 bridgehead atoms. The molecule has 0 spiro atoms. The number of halogens is 1. The summed E-state index contributed by atoms with van der Waals surface area (Å²) in [4.78, 5) is 7.23. The van der Waals surface area contributed by atoms with Gasteiger partial charge in [0.15, 0.2) is 5.76 Å². The molecule has 0 aliphatic heterocycles. The summed E-state index contributed by atoms with van der Waals surface area (Å²) in [5, 5.41) is 4.74. The van der Waals surface area contributed by atoms with Crippen molar-refractivity contribution in [3.63, 3.8) is 0 Å². The maximum Gasteiger partial charge on any atom is 0.185 e. The zero-order chi connectivity index (χ0) is 12.5. The predicted octanol–water partition coefficient (Wildman–Crippen LogP) is 3.69. The van der Waals surface area contributed by atoms with Gasteiger partial charge in [-0.1, -0.05) is 28.9 Å². The Morgan fingerprint density at radius 1 is 1.22 bits per heavy atom. The van der Waals surface area contributed by atoms with Gasteiger partial charge in [0.2, 0.25) is 0 Å². The van der Waals surface area contributed by atoms with Gasteiger partial charge >= 0.3 is 0 Å². The molecule has 0 atom stereocenters. The Morgan fingerprint density at radius 2 is 2.00 bits per heavy atom. The van der Waals surface area contributed by atoms with Crippen LogP contribution in [0.1, 0.15) is 5.82 Å². The van der Waals surface area contributed by atoms with Gasteiger partial charge in [-0.05, 0) is 19.1 Å². The average molecular weight is 260 g/mol. The van der Waals surface area contributed by atoms with Crippen LogP contribution in [0.2, 0.25) is 5.02 Å². The number of hydrogen-bond acceptors (Lipinski definition) is 3. The molecule has 2 heterocycles. The summed E-state index contributed by atoms with van der Waals surface area (Å²) in [7, 11) is 0. The van der Waals surface area contributed by atoms with Gasteiger partial charge in [0, 0.05) is 16.7 Å². The Morgan fingerprint density at radius 3 is 2.67 bits per heavy atom. The fourth-order valence-electron chi connectivity index (χ4n) is 1.70. The van der Waals surface area contributed by atoms with Crippen LogP contribution >= 0.6 is 11.6 Å². The molecule has 3 rings (SSSR count). The molecule has 0 fully saturated rings. The Hall–Kier alpha value is -2.07. The second kappa shape index (κ2) is 4.31. The standard InChI is InChI=1S/C13H10ClN3O/c1-8-15-7-12(16-8)13-6-11(17-18-13)9-2-4-10(14)5-3-9/h2-7H,1H3,(H,15,16). The molecule has 0 saturated heterocycles. The molecule has 3 aromatic rings. The minimum Gasteiger partial charge on any atom is -0.354 e. The lowest BCUT2D eigenvalue weighted by Crippen LogP contribution is -1.75. The first kappa shape index (κ1) is 11.0. The van der Waals surface area contributed by atoms with E-state index < -0.39 is 0 Å². The number of imidazole rings is 1. The van der Waals surface area contributed by atoms with Gasteiger partial charge in [-0.25, -0.2) is 4.98 Å². The molecule has 0 aliphatic carbocycles. The highest BCUT2D eigenvalue weighted by Gasteiger charge is 2.10. The van der Waals surface area contributed by atoms with Crippen LogP contribution in [0.15, 0.2) is 41.1 Å². The maximum atomic E-state index is 5.85.